The van der Waals surface area contributed by atoms with Gasteiger partial charge in [-0.25, -0.2) is 0 Å². The molecular weight excluding hydrogens is 613 g/mol. The zero-order valence-corrected chi connectivity index (χ0v) is 29.3. The topological polar surface area (TPSA) is 44.2 Å². The van der Waals surface area contributed by atoms with Crippen molar-refractivity contribution in [3.05, 3.63) is 106 Å². The average molecular weight is 657 g/mol. The predicted molar refractivity (Wildman–Crippen MR) is 206 cm³/mol. The van der Waals surface area contributed by atoms with Crippen LogP contribution in [0.1, 0.15) is 111 Å². The predicted octanol–water partition coefficient (Wildman–Crippen LogP) is 10.2. The molecule has 5 aromatic rings. The lowest BCUT2D eigenvalue weighted by Gasteiger charge is -2.07. The molecule has 250 valence electrons. The lowest BCUT2D eigenvalue weighted by atomic mass is 10.1. The van der Waals surface area contributed by atoms with E-state index in [0.29, 0.717) is 13.2 Å². The van der Waals surface area contributed by atoms with Crippen LogP contribution >= 0.6 is 0 Å². The van der Waals surface area contributed by atoms with E-state index in [0.717, 1.165) is 79.5 Å². The van der Waals surface area contributed by atoms with Gasteiger partial charge in [0.2, 0.25) is 0 Å². The van der Waals surface area contributed by atoms with Crippen LogP contribution in [0.5, 0.6) is 11.5 Å². The van der Waals surface area contributed by atoms with E-state index < -0.39 is 0 Å². The van der Waals surface area contributed by atoms with Crippen LogP contribution in [0.15, 0.2) is 73.1 Å². The lowest BCUT2D eigenvalue weighted by molar-refractivity contribution is 0.304. The summed E-state index contributed by atoms with van der Waals surface area (Å²) in [5.74, 6) is 19.9. The van der Waals surface area contributed by atoms with E-state index >= 15 is 0 Å². The molecular formula is C46H44N2O2. The van der Waals surface area contributed by atoms with Gasteiger partial charge in [-0.1, -0.05) is 113 Å². The maximum atomic E-state index is 6.00. The van der Waals surface area contributed by atoms with Gasteiger partial charge in [0.25, 0.3) is 0 Å². The number of fused-ring (bicyclic) bond motifs is 3. The number of ether oxygens (including phenoxy) is 2. The molecule has 0 aliphatic carbocycles. The molecule has 2 aromatic heterocycles. The molecule has 5 rings (SSSR count). The normalized spacial score (nSPS) is 10.4. The number of terminal acetylenes is 2. The smallest absolute Gasteiger partial charge is 0.121 e. The summed E-state index contributed by atoms with van der Waals surface area (Å²) in [6.07, 6.45) is 26.9. The van der Waals surface area contributed by atoms with Crippen molar-refractivity contribution in [3.63, 3.8) is 0 Å². The molecule has 50 heavy (non-hydrogen) atoms. The molecule has 3 aromatic carbocycles. The monoisotopic (exact) mass is 656 g/mol. The fourth-order valence-electron chi connectivity index (χ4n) is 5.69. The van der Waals surface area contributed by atoms with Crippen molar-refractivity contribution in [2.75, 3.05) is 13.2 Å². The zero-order valence-electron chi connectivity index (χ0n) is 29.3. The van der Waals surface area contributed by atoms with Crippen LogP contribution < -0.4 is 9.47 Å². The van der Waals surface area contributed by atoms with E-state index in [1.54, 1.807) is 12.4 Å². The fourth-order valence-corrected chi connectivity index (χ4v) is 5.69. The minimum Gasteiger partial charge on any atom is -0.494 e. The van der Waals surface area contributed by atoms with Crippen molar-refractivity contribution in [1.82, 2.24) is 9.97 Å². The van der Waals surface area contributed by atoms with Gasteiger partial charge < -0.3 is 9.47 Å². The van der Waals surface area contributed by atoms with E-state index in [4.69, 9.17) is 32.3 Å². The summed E-state index contributed by atoms with van der Waals surface area (Å²) in [5, 5.41) is 1.92. The first-order chi connectivity index (χ1) is 24.6. The first kappa shape index (κ1) is 35.6. The maximum absolute atomic E-state index is 6.00. The molecule has 0 spiro atoms. The second-order valence-corrected chi connectivity index (χ2v) is 12.5. The molecule has 0 unspecified atom stereocenters. The molecule has 0 N–H and O–H groups in total. The van der Waals surface area contributed by atoms with E-state index in [2.05, 4.69) is 49.4 Å². The maximum Gasteiger partial charge on any atom is 0.121 e. The first-order valence-electron chi connectivity index (χ1n) is 17.8. The third kappa shape index (κ3) is 10.4. The molecule has 2 heterocycles. The number of hydrogen-bond donors (Lipinski definition) is 0. The molecule has 0 fully saturated rings. The number of aromatic nitrogens is 2. The number of unbranched alkanes of at least 4 members (excludes halogenated alkanes) is 8. The van der Waals surface area contributed by atoms with Crippen LogP contribution in [-0.2, 0) is 0 Å². The van der Waals surface area contributed by atoms with E-state index in [1.807, 2.05) is 60.7 Å². The van der Waals surface area contributed by atoms with Crippen LogP contribution in [0, 0.1) is 48.4 Å². The summed E-state index contributed by atoms with van der Waals surface area (Å²) >= 11 is 0. The highest BCUT2D eigenvalue weighted by Gasteiger charge is 2.06. The molecule has 0 atom stereocenters. The van der Waals surface area contributed by atoms with Crippen LogP contribution in [0.2, 0.25) is 0 Å². The Morgan fingerprint density at radius 3 is 1.30 bits per heavy atom. The summed E-state index contributed by atoms with van der Waals surface area (Å²) < 4.78 is 12.0. The molecule has 0 aliphatic heterocycles. The highest BCUT2D eigenvalue weighted by molar-refractivity contribution is 6.03. The van der Waals surface area contributed by atoms with Gasteiger partial charge >= 0.3 is 0 Å². The Bertz CT molecular complexity index is 1990. The summed E-state index contributed by atoms with van der Waals surface area (Å²) in [7, 11) is 0. The molecule has 0 saturated heterocycles. The van der Waals surface area contributed by atoms with Crippen molar-refractivity contribution < 1.29 is 9.47 Å². The molecule has 0 aliphatic rings. The second-order valence-electron chi connectivity index (χ2n) is 12.5. The van der Waals surface area contributed by atoms with Crippen LogP contribution in [-0.4, -0.2) is 23.2 Å². The summed E-state index contributed by atoms with van der Waals surface area (Å²) in [4.78, 5) is 9.50. The SMILES string of the molecule is C#Cc1cc(C#Cc2cnc3c(ccc4cc(C#Cc5cc(C#C)cc(OCCCCCCC)c5)cnc43)c2)cc(OCCCCCCC)c1. The van der Waals surface area contributed by atoms with Gasteiger partial charge in [-0.05, 0) is 61.4 Å². The fraction of sp³-hybridized carbons (Fsp3) is 0.304. The van der Waals surface area contributed by atoms with Crippen LogP contribution in [0.3, 0.4) is 0 Å². The zero-order chi connectivity index (χ0) is 35.0. The number of nitrogens with zero attached hydrogens (tertiary/aromatic N) is 2. The van der Waals surface area contributed by atoms with Gasteiger partial charge in [0, 0.05) is 56.5 Å². The summed E-state index contributed by atoms with van der Waals surface area (Å²) in [6, 6.07) is 19.6. The summed E-state index contributed by atoms with van der Waals surface area (Å²) in [5.41, 5.74) is 6.35. The Morgan fingerprint density at radius 2 is 0.880 bits per heavy atom. The Kier molecular flexibility index (Phi) is 13.4. The van der Waals surface area contributed by atoms with Crippen molar-refractivity contribution in [2.45, 2.75) is 78.1 Å². The second kappa shape index (κ2) is 18.8. The van der Waals surface area contributed by atoms with E-state index in [9.17, 15) is 0 Å². The van der Waals surface area contributed by atoms with Gasteiger partial charge in [-0.15, -0.1) is 12.8 Å². The molecule has 0 amide bonds. The van der Waals surface area contributed by atoms with Gasteiger partial charge in [0.05, 0.1) is 24.2 Å². The van der Waals surface area contributed by atoms with Crippen molar-refractivity contribution >= 4 is 21.8 Å². The molecule has 0 saturated carbocycles. The largest absolute Gasteiger partial charge is 0.494 e. The van der Waals surface area contributed by atoms with Gasteiger partial charge in [0.1, 0.15) is 11.5 Å². The minimum absolute atomic E-state index is 0.672. The van der Waals surface area contributed by atoms with Crippen molar-refractivity contribution in [3.8, 4) is 59.9 Å². The molecule has 4 nitrogen and oxygen atoms in total. The first-order valence-corrected chi connectivity index (χ1v) is 17.8. The Labute approximate surface area is 298 Å². The number of benzene rings is 3. The Balaban J connectivity index is 1.28. The number of hydrogen-bond acceptors (Lipinski definition) is 4. The van der Waals surface area contributed by atoms with Gasteiger partial charge in [-0.3, -0.25) is 9.97 Å². The quantitative estimate of drug-likeness (QED) is 0.0678. The van der Waals surface area contributed by atoms with Crippen molar-refractivity contribution in [2.24, 2.45) is 0 Å². The Morgan fingerprint density at radius 1 is 0.480 bits per heavy atom. The van der Waals surface area contributed by atoms with Crippen molar-refractivity contribution in [1.29, 1.82) is 0 Å². The van der Waals surface area contributed by atoms with E-state index in [1.165, 1.54) is 51.4 Å². The average Bonchev–Trinajstić information content (AvgIpc) is 3.15. The lowest BCUT2D eigenvalue weighted by Crippen LogP contribution is -1.98. The third-order valence-electron chi connectivity index (χ3n) is 8.38. The Hall–Kier alpha value is -5.68. The van der Waals surface area contributed by atoms with Gasteiger partial charge in [0.15, 0.2) is 0 Å². The highest BCUT2D eigenvalue weighted by atomic mass is 16.5. The molecule has 4 heteroatoms. The minimum atomic E-state index is 0.672. The number of rotatable bonds is 14. The highest BCUT2D eigenvalue weighted by Crippen LogP contribution is 2.24. The van der Waals surface area contributed by atoms with Crippen LogP contribution in [0.25, 0.3) is 21.8 Å². The molecule has 0 bridgehead atoms. The van der Waals surface area contributed by atoms with E-state index in [-0.39, 0.29) is 0 Å². The van der Waals surface area contributed by atoms with Crippen LogP contribution in [0.4, 0.5) is 0 Å². The third-order valence-corrected chi connectivity index (χ3v) is 8.38. The number of pyridine rings is 2. The summed E-state index contributed by atoms with van der Waals surface area (Å²) in [6.45, 7) is 5.78. The standard InChI is InChI=1S/C46H44N2O2/c1-5-9-11-13-15-23-49-43-29-35(7-3)25-37(31-43)17-19-39-27-41-21-22-42-28-40(34-48-46(42)45(41)47-33-39)20-18-38-26-36(8-4)30-44(32-38)50-24-16-14-12-10-6-2/h3-4,21-22,25-34H,5-6,9-16,23-24H2,1-2H3. The molecule has 0 radical (unpaired) electrons. The van der Waals surface area contributed by atoms with Gasteiger partial charge in [-0.2, -0.15) is 0 Å².